The Morgan fingerprint density at radius 1 is 0.348 bits per heavy atom. The van der Waals surface area contributed by atoms with E-state index in [1.807, 2.05) is 84.9 Å². The number of carbonyl (C=O) groups excluding carboxylic acids is 1. The molecule has 4 aliphatic heterocycles. The van der Waals surface area contributed by atoms with E-state index in [2.05, 4.69) is 24.3 Å². The van der Waals surface area contributed by atoms with Crippen LogP contribution in [0.5, 0.6) is 0 Å². The SMILES string of the molecule is O=C(c1cc2ccc3oc4cccc5ccc6oc(c1)c2c3-c6c54)c1cc2ccc3oc4cccc5ccc6oc(c1)c2c3-c6c54. The molecular formula is C41H18O5. The lowest BCUT2D eigenvalue weighted by Gasteiger charge is -2.20. The molecule has 0 aromatic heterocycles. The van der Waals surface area contributed by atoms with Gasteiger partial charge < -0.3 is 17.7 Å². The van der Waals surface area contributed by atoms with Crippen molar-refractivity contribution in [2.24, 2.45) is 0 Å². The third kappa shape index (κ3) is 2.67. The van der Waals surface area contributed by atoms with E-state index < -0.39 is 0 Å². The molecule has 0 atom stereocenters. The summed E-state index contributed by atoms with van der Waals surface area (Å²) in [6.45, 7) is 0. The molecule has 5 heteroatoms. The second kappa shape index (κ2) is 7.65. The standard InChI is InChI=1S/C41H18O5/c42-41(23-15-21-9-13-27-39-35(21)31(17-23)45-29-11-7-19-3-1-5-25(43-27)33(19)37(29)39)24-16-22-10-14-28-40-36(22)32(18-24)46-30-12-8-20-4-2-6-26(44-28)34(20)38(30)40/h1-18H. The molecule has 0 amide bonds. The number of carbonyl (C=O) groups is 1. The van der Waals surface area contributed by atoms with Crippen LogP contribution in [0.1, 0.15) is 15.9 Å². The zero-order valence-corrected chi connectivity index (χ0v) is 23.9. The summed E-state index contributed by atoms with van der Waals surface area (Å²) in [5.74, 6) is -0.107. The Kier molecular flexibility index (Phi) is 3.84. The van der Waals surface area contributed by atoms with Crippen molar-refractivity contribution in [1.29, 1.82) is 0 Å². The van der Waals surface area contributed by atoms with Gasteiger partial charge in [0.2, 0.25) is 0 Å². The summed E-state index contributed by atoms with van der Waals surface area (Å²) in [5.41, 5.74) is 11.3. The van der Waals surface area contributed by atoms with Gasteiger partial charge in [0.25, 0.3) is 0 Å². The van der Waals surface area contributed by atoms with Crippen molar-refractivity contribution in [2.75, 3.05) is 0 Å². The molecule has 8 aromatic rings. The van der Waals surface area contributed by atoms with Crippen LogP contribution in [0, 0.1) is 0 Å². The van der Waals surface area contributed by atoms with Gasteiger partial charge in [-0.15, -0.1) is 0 Å². The Bertz CT molecular complexity index is 2950. The zero-order chi connectivity index (χ0) is 29.8. The van der Waals surface area contributed by atoms with E-state index in [0.29, 0.717) is 22.3 Å². The van der Waals surface area contributed by atoms with Gasteiger partial charge in [0.15, 0.2) is 5.78 Å². The highest BCUT2D eigenvalue weighted by atomic mass is 16.3. The first-order chi connectivity index (χ1) is 22.7. The van der Waals surface area contributed by atoms with E-state index in [1.54, 1.807) is 0 Å². The van der Waals surface area contributed by atoms with E-state index in [0.717, 1.165) is 98.8 Å². The normalized spacial score (nSPS) is 12.9. The van der Waals surface area contributed by atoms with E-state index >= 15 is 0 Å². The first-order valence-electron chi connectivity index (χ1n) is 15.3. The number of ketones is 1. The molecule has 0 radical (unpaired) electrons. The number of benzene rings is 8. The fourth-order valence-electron chi connectivity index (χ4n) is 8.04. The number of hydrogen-bond acceptors (Lipinski definition) is 5. The molecule has 0 unspecified atom stereocenters. The highest BCUT2D eigenvalue weighted by molar-refractivity contribution is 6.27. The minimum atomic E-state index is -0.107. The van der Waals surface area contributed by atoms with Crippen molar-refractivity contribution < 1.29 is 22.5 Å². The molecule has 4 heterocycles. The summed E-state index contributed by atoms with van der Waals surface area (Å²) < 4.78 is 25.9. The number of hydrogen-bond donors (Lipinski definition) is 0. The summed E-state index contributed by atoms with van der Waals surface area (Å²) in [5, 5.41) is 8.06. The van der Waals surface area contributed by atoms with Crippen LogP contribution in [0.3, 0.4) is 0 Å². The maximum absolute atomic E-state index is 14.3. The van der Waals surface area contributed by atoms with Gasteiger partial charge in [-0.05, 0) is 82.2 Å². The molecular weight excluding hydrogens is 572 g/mol. The average Bonchev–Trinajstić information content (AvgIpc) is 3.09. The summed E-state index contributed by atoms with van der Waals surface area (Å²) in [4.78, 5) is 14.3. The van der Waals surface area contributed by atoms with Gasteiger partial charge in [0.1, 0.15) is 44.7 Å². The second-order valence-electron chi connectivity index (χ2n) is 12.3. The van der Waals surface area contributed by atoms with E-state index in [-0.39, 0.29) is 5.78 Å². The van der Waals surface area contributed by atoms with Crippen LogP contribution in [0.15, 0.2) is 127 Å². The van der Waals surface area contributed by atoms with Gasteiger partial charge in [-0.2, -0.15) is 0 Å². The molecule has 12 rings (SSSR count). The van der Waals surface area contributed by atoms with Crippen LogP contribution >= 0.6 is 0 Å². The summed E-state index contributed by atoms with van der Waals surface area (Å²) in [6.07, 6.45) is 0. The minimum absolute atomic E-state index is 0.107. The van der Waals surface area contributed by atoms with Crippen LogP contribution < -0.4 is 0 Å². The van der Waals surface area contributed by atoms with Crippen molar-refractivity contribution in [2.45, 2.75) is 0 Å². The van der Waals surface area contributed by atoms with Crippen molar-refractivity contribution in [3.05, 3.63) is 120 Å². The molecule has 5 nitrogen and oxygen atoms in total. The van der Waals surface area contributed by atoms with Crippen molar-refractivity contribution in [3.8, 4) is 22.3 Å². The van der Waals surface area contributed by atoms with Crippen molar-refractivity contribution >= 4 is 93.5 Å². The van der Waals surface area contributed by atoms with Crippen LogP contribution in [-0.4, -0.2) is 5.78 Å². The maximum Gasteiger partial charge on any atom is 0.193 e. The Labute approximate surface area is 258 Å². The second-order valence-corrected chi connectivity index (χ2v) is 12.3. The van der Waals surface area contributed by atoms with E-state index in [1.165, 1.54) is 0 Å². The fourth-order valence-corrected chi connectivity index (χ4v) is 8.04. The summed E-state index contributed by atoms with van der Waals surface area (Å²) >= 11 is 0. The molecule has 0 aliphatic carbocycles. The molecule has 0 spiro atoms. The lowest BCUT2D eigenvalue weighted by molar-refractivity contribution is 0.103. The van der Waals surface area contributed by atoms with Crippen LogP contribution in [0.25, 0.3) is 110 Å². The predicted molar refractivity (Wildman–Crippen MR) is 181 cm³/mol. The number of rotatable bonds is 2. The summed E-state index contributed by atoms with van der Waals surface area (Å²) in [6, 6.07) is 35.9. The molecule has 0 saturated carbocycles. The molecule has 8 aromatic carbocycles. The topological polar surface area (TPSA) is 69.6 Å². The molecule has 0 bridgehead atoms. The van der Waals surface area contributed by atoms with Crippen molar-refractivity contribution in [1.82, 2.24) is 0 Å². The molecule has 0 saturated heterocycles. The third-order valence-corrected chi connectivity index (χ3v) is 9.93. The van der Waals surface area contributed by atoms with Crippen LogP contribution in [0.2, 0.25) is 0 Å². The molecule has 212 valence electrons. The molecule has 4 aliphatic rings. The van der Waals surface area contributed by atoms with Gasteiger partial charge in [-0.1, -0.05) is 48.5 Å². The van der Waals surface area contributed by atoms with Crippen molar-refractivity contribution in [3.63, 3.8) is 0 Å². The average molecular weight is 591 g/mol. The van der Waals surface area contributed by atoms with E-state index in [4.69, 9.17) is 17.7 Å². The van der Waals surface area contributed by atoms with Crippen LogP contribution in [0.4, 0.5) is 0 Å². The Morgan fingerprint density at radius 2 is 0.717 bits per heavy atom. The Balaban J connectivity index is 1.11. The first-order valence-corrected chi connectivity index (χ1v) is 15.3. The highest BCUT2D eigenvalue weighted by Crippen LogP contribution is 2.50. The maximum atomic E-state index is 14.3. The van der Waals surface area contributed by atoms with Gasteiger partial charge in [0.05, 0.1) is 0 Å². The smallest absolute Gasteiger partial charge is 0.193 e. The van der Waals surface area contributed by atoms with Gasteiger partial charge >= 0.3 is 0 Å². The quantitative estimate of drug-likeness (QED) is 0.114. The zero-order valence-electron chi connectivity index (χ0n) is 23.9. The molecule has 0 N–H and O–H groups in total. The summed E-state index contributed by atoms with van der Waals surface area (Å²) in [7, 11) is 0. The predicted octanol–water partition coefficient (Wildman–Crippen LogP) is 11.6. The van der Waals surface area contributed by atoms with Gasteiger partial charge in [0, 0.05) is 54.9 Å². The molecule has 46 heavy (non-hydrogen) atoms. The monoisotopic (exact) mass is 590 g/mol. The lowest BCUT2D eigenvalue weighted by Crippen LogP contribution is -2.03. The Hall–Kier alpha value is -6.33. The largest absolute Gasteiger partial charge is 0.456 e. The molecule has 0 fully saturated rings. The minimum Gasteiger partial charge on any atom is -0.456 e. The van der Waals surface area contributed by atoms with E-state index in [9.17, 15) is 4.79 Å². The highest BCUT2D eigenvalue weighted by Gasteiger charge is 2.27. The van der Waals surface area contributed by atoms with Crippen LogP contribution in [-0.2, 0) is 0 Å². The lowest BCUT2D eigenvalue weighted by atomic mass is 9.88. The Morgan fingerprint density at radius 3 is 1.15 bits per heavy atom. The van der Waals surface area contributed by atoms with Gasteiger partial charge in [-0.3, -0.25) is 4.79 Å². The van der Waals surface area contributed by atoms with Gasteiger partial charge in [-0.25, -0.2) is 0 Å². The first kappa shape index (κ1) is 23.1. The fraction of sp³-hybridized carbons (Fsp3) is 0. The third-order valence-electron chi connectivity index (χ3n) is 9.93.